The average Bonchev–Trinajstić information content (AvgIpc) is 2.72. The van der Waals surface area contributed by atoms with Gasteiger partial charge in [-0.15, -0.1) is 0 Å². The minimum Gasteiger partial charge on any atom is -0.493 e. The second kappa shape index (κ2) is 7.72. The average molecular weight is 352 g/mol. The zero-order valence-corrected chi connectivity index (χ0v) is 14.8. The number of anilines is 1. The number of ether oxygens (including phenoxy) is 1. The Bertz CT molecular complexity index is 744. The molecule has 1 N–H and O–H groups in total. The van der Waals surface area contributed by atoms with Crippen LogP contribution >= 0.6 is 0 Å². The maximum Gasteiger partial charge on any atom is 0.223 e. The fourth-order valence-corrected chi connectivity index (χ4v) is 3.74. The molecule has 1 atom stereocenters. The quantitative estimate of drug-likeness (QED) is 0.912. The van der Waals surface area contributed by atoms with E-state index < -0.39 is 0 Å². The molecule has 2 aliphatic heterocycles. The van der Waals surface area contributed by atoms with Crippen LogP contribution in [-0.4, -0.2) is 42.1 Å². The van der Waals surface area contributed by atoms with E-state index in [1.165, 1.54) is 5.56 Å². The summed E-state index contributed by atoms with van der Waals surface area (Å²) in [4.78, 5) is 23.2. The van der Waals surface area contributed by atoms with E-state index in [1.54, 1.807) is 18.6 Å². The second-order valence-electron chi connectivity index (χ2n) is 7.06. The van der Waals surface area contributed by atoms with Gasteiger partial charge < -0.3 is 15.0 Å². The number of carbonyl (C=O) groups excluding carboxylic acids is 1. The molecule has 4 rings (SSSR count). The molecular formula is C20H24N4O2. The van der Waals surface area contributed by atoms with E-state index in [4.69, 9.17) is 4.74 Å². The van der Waals surface area contributed by atoms with E-state index in [2.05, 4.69) is 26.3 Å². The Labute approximate surface area is 153 Å². The number of rotatable bonds is 4. The highest BCUT2D eigenvalue weighted by molar-refractivity contribution is 5.79. The molecule has 3 heterocycles. The Morgan fingerprint density at radius 3 is 2.88 bits per heavy atom. The van der Waals surface area contributed by atoms with Crippen molar-refractivity contribution in [1.29, 1.82) is 0 Å². The van der Waals surface area contributed by atoms with Gasteiger partial charge in [-0.3, -0.25) is 9.78 Å². The number of hydrogen-bond acceptors (Lipinski definition) is 5. The van der Waals surface area contributed by atoms with Crippen LogP contribution in [0.4, 0.5) is 5.82 Å². The molecule has 0 spiro atoms. The second-order valence-corrected chi connectivity index (χ2v) is 7.06. The zero-order chi connectivity index (χ0) is 17.8. The number of fused-ring (bicyclic) bond motifs is 1. The highest BCUT2D eigenvalue weighted by Crippen LogP contribution is 2.27. The third-order valence-corrected chi connectivity index (χ3v) is 5.26. The van der Waals surface area contributed by atoms with Crippen LogP contribution in [0.5, 0.6) is 5.75 Å². The smallest absolute Gasteiger partial charge is 0.223 e. The standard InChI is InChI=1S/C20H24N4O2/c25-20(16-5-9-24(10-6-16)19-13-21-7-8-22-19)23-12-15-11-17-3-1-2-4-18(17)26-14-15/h1-4,7-8,13,15-16H,5-6,9-12,14H2,(H,23,25). The summed E-state index contributed by atoms with van der Waals surface area (Å²) in [6.07, 6.45) is 7.83. The summed E-state index contributed by atoms with van der Waals surface area (Å²) in [6, 6.07) is 8.14. The van der Waals surface area contributed by atoms with Gasteiger partial charge in [0, 0.05) is 43.9 Å². The van der Waals surface area contributed by atoms with Crippen molar-refractivity contribution in [2.75, 3.05) is 31.1 Å². The number of benzene rings is 1. The molecular weight excluding hydrogens is 328 g/mol. The monoisotopic (exact) mass is 352 g/mol. The molecule has 2 aliphatic rings. The van der Waals surface area contributed by atoms with Crippen LogP contribution < -0.4 is 15.0 Å². The lowest BCUT2D eigenvalue weighted by atomic mass is 9.94. The molecule has 1 fully saturated rings. The first-order chi connectivity index (χ1) is 12.8. The van der Waals surface area contributed by atoms with Crippen molar-refractivity contribution >= 4 is 11.7 Å². The lowest BCUT2D eigenvalue weighted by Crippen LogP contribution is -2.43. The summed E-state index contributed by atoms with van der Waals surface area (Å²) in [6.45, 7) is 3.04. The van der Waals surface area contributed by atoms with Crippen LogP contribution in [0.2, 0.25) is 0 Å². The predicted molar refractivity (Wildman–Crippen MR) is 99.1 cm³/mol. The normalized spacial score (nSPS) is 20.2. The molecule has 1 unspecified atom stereocenters. The van der Waals surface area contributed by atoms with Crippen LogP contribution in [0.3, 0.4) is 0 Å². The number of carbonyl (C=O) groups is 1. The first-order valence-corrected chi connectivity index (χ1v) is 9.29. The molecule has 0 bridgehead atoms. The number of nitrogens with zero attached hydrogens (tertiary/aromatic N) is 3. The van der Waals surface area contributed by atoms with Crippen LogP contribution in [0, 0.1) is 11.8 Å². The fourth-order valence-electron chi connectivity index (χ4n) is 3.74. The van der Waals surface area contributed by atoms with Crippen LogP contribution in [-0.2, 0) is 11.2 Å². The first-order valence-electron chi connectivity index (χ1n) is 9.29. The molecule has 0 radical (unpaired) electrons. The molecule has 2 aromatic rings. The number of nitrogens with one attached hydrogen (secondary N) is 1. The van der Waals surface area contributed by atoms with Crippen molar-refractivity contribution in [3.05, 3.63) is 48.4 Å². The zero-order valence-electron chi connectivity index (χ0n) is 14.8. The fraction of sp³-hybridized carbons (Fsp3) is 0.450. The van der Waals surface area contributed by atoms with Gasteiger partial charge in [-0.05, 0) is 30.9 Å². The minimum absolute atomic E-state index is 0.0831. The van der Waals surface area contributed by atoms with Gasteiger partial charge in [0.05, 0.1) is 12.8 Å². The predicted octanol–water partition coefficient (Wildman–Crippen LogP) is 2.06. The Morgan fingerprint density at radius 2 is 2.08 bits per heavy atom. The third-order valence-electron chi connectivity index (χ3n) is 5.26. The summed E-state index contributed by atoms with van der Waals surface area (Å²) in [5, 5.41) is 3.14. The van der Waals surface area contributed by atoms with E-state index in [9.17, 15) is 4.79 Å². The maximum atomic E-state index is 12.5. The SMILES string of the molecule is O=C(NCC1COc2ccccc2C1)C1CCN(c2cnccn2)CC1. The lowest BCUT2D eigenvalue weighted by Gasteiger charge is -2.32. The summed E-state index contributed by atoms with van der Waals surface area (Å²) in [5.41, 5.74) is 1.23. The van der Waals surface area contributed by atoms with Gasteiger partial charge in [0.15, 0.2) is 0 Å². The van der Waals surface area contributed by atoms with E-state index in [1.807, 2.05) is 18.2 Å². The molecule has 26 heavy (non-hydrogen) atoms. The number of hydrogen-bond donors (Lipinski definition) is 1. The Kier molecular flexibility index (Phi) is 5.00. The molecule has 136 valence electrons. The van der Waals surface area contributed by atoms with Gasteiger partial charge >= 0.3 is 0 Å². The molecule has 1 aromatic heterocycles. The number of amides is 1. The van der Waals surface area contributed by atoms with Crippen molar-refractivity contribution in [1.82, 2.24) is 15.3 Å². The van der Waals surface area contributed by atoms with E-state index in [0.29, 0.717) is 19.1 Å². The molecule has 0 saturated carbocycles. The van der Waals surface area contributed by atoms with E-state index >= 15 is 0 Å². The number of piperidine rings is 1. The molecule has 6 nitrogen and oxygen atoms in total. The summed E-state index contributed by atoms with van der Waals surface area (Å²) < 4.78 is 5.81. The Morgan fingerprint density at radius 1 is 1.23 bits per heavy atom. The summed E-state index contributed by atoms with van der Waals surface area (Å²) >= 11 is 0. The first kappa shape index (κ1) is 16.8. The molecule has 1 saturated heterocycles. The summed E-state index contributed by atoms with van der Waals surface area (Å²) in [5.74, 6) is 2.46. The number of para-hydroxylation sites is 1. The largest absolute Gasteiger partial charge is 0.493 e. The third kappa shape index (κ3) is 3.79. The van der Waals surface area contributed by atoms with Gasteiger partial charge in [0.25, 0.3) is 0 Å². The van der Waals surface area contributed by atoms with Crippen molar-refractivity contribution < 1.29 is 9.53 Å². The summed E-state index contributed by atoms with van der Waals surface area (Å²) in [7, 11) is 0. The van der Waals surface area contributed by atoms with Crippen molar-refractivity contribution in [2.24, 2.45) is 11.8 Å². The van der Waals surface area contributed by atoms with Gasteiger partial charge in [-0.25, -0.2) is 4.98 Å². The van der Waals surface area contributed by atoms with Crippen LogP contribution in [0.1, 0.15) is 18.4 Å². The van der Waals surface area contributed by atoms with Gasteiger partial charge in [-0.1, -0.05) is 18.2 Å². The van der Waals surface area contributed by atoms with Crippen LogP contribution in [0.15, 0.2) is 42.9 Å². The van der Waals surface area contributed by atoms with Crippen molar-refractivity contribution in [3.8, 4) is 5.75 Å². The highest BCUT2D eigenvalue weighted by Gasteiger charge is 2.27. The van der Waals surface area contributed by atoms with E-state index in [-0.39, 0.29) is 11.8 Å². The molecule has 1 aromatic carbocycles. The van der Waals surface area contributed by atoms with E-state index in [0.717, 1.165) is 43.9 Å². The topological polar surface area (TPSA) is 67.3 Å². The Hall–Kier alpha value is -2.63. The van der Waals surface area contributed by atoms with Gasteiger partial charge in [0.2, 0.25) is 5.91 Å². The highest BCUT2D eigenvalue weighted by atomic mass is 16.5. The molecule has 0 aliphatic carbocycles. The van der Waals surface area contributed by atoms with Crippen LogP contribution in [0.25, 0.3) is 0 Å². The minimum atomic E-state index is 0.0831. The molecule has 1 amide bonds. The lowest BCUT2D eigenvalue weighted by molar-refractivity contribution is -0.125. The van der Waals surface area contributed by atoms with Gasteiger partial charge in [-0.2, -0.15) is 0 Å². The van der Waals surface area contributed by atoms with Gasteiger partial charge in [0.1, 0.15) is 11.6 Å². The van der Waals surface area contributed by atoms with Crippen molar-refractivity contribution in [3.63, 3.8) is 0 Å². The maximum absolute atomic E-state index is 12.5. The number of aromatic nitrogens is 2. The van der Waals surface area contributed by atoms with Crippen molar-refractivity contribution in [2.45, 2.75) is 19.3 Å². The molecule has 6 heteroatoms. The Balaban J connectivity index is 1.24.